The van der Waals surface area contributed by atoms with Gasteiger partial charge in [0.25, 0.3) is 0 Å². The minimum absolute atomic E-state index is 0.0580. The molecule has 0 spiro atoms. The van der Waals surface area contributed by atoms with E-state index in [0.717, 1.165) is 30.7 Å². The van der Waals surface area contributed by atoms with Crippen LogP contribution in [-0.2, 0) is 0 Å². The summed E-state index contributed by atoms with van der Waals surface area (Å²) >= 11 is 0. The summed E-state index contributed by atoms with van der Waals surface area (Å²) in [6.45, 7) is 0.925. The number of H-pyrrole nitrogens is 1. The van der Waals surface area contributed by atoms with Gasteiger partial charge in [-0.2, -0.15) is 0 Å². The van der Waals surface area contributed by atoms with E-state index in [1.807, 2.05) is 6.07 Å². The van der Waals surface area contributed by atoms with Crippen LogP contribution in [0.1, 0.15) is 18.4 Å². The first-order valence-electron chi connectivity index (χ1n) is 4.09. The zero-order chi connectivity index (χ0) is 8.39. The van der Waals surface area contributed by atoms with Gasteiger partial charge in [0.15, 0.2) is 0 Å². The zero-order valence-electron chi connectivity index (χ0n) is 6.71. The number of rotatable bonds is 1. The maximum absolute atomic E-state index is 10.7. The topological polar surface area (TPSA) is 45.2 Å². The molecule has 2 heterocycles. The van der Waals surface area contributed by atoms with Crippen molar-refractivity contribution in [1.29, 1.82) is 0 Å². The van der Waals surface area contributed by atoms with Crippen LogP contribution < -0.4 is 5.56 Å². The summed E-state index contributed by atoms with van der Waals surface area (Å²) in [5, 5.41) is 0. The van der Waals surface area contributed by atoms with E-state index >= 15 is 0 Å². The molecule has 0 unspecified atom stereocenters. The van der Waals surface area contributed by atoms with E-state index in [1.165, 1.54) is 6.07 Å². The second kappa shape index (κ2) is 2.93. The summed E-state index contributed by atoms with van der Waals surface area (Å²) in [6, 6.07) is 3.36. The number of pyridine rings is 1. The van der Waals surface area contributed by atoms with Crippen molar-refractivity contribution in [3.63, 3.8) is 0 Å². The summed E-state index contributed by atoms with van der Waals surface area (Å²) in [6.07, 6.45) is 3.90. The molecule has 3 nitrogen and oxygen atoms in total. The SMILES string of the molecule is O=c1ccc(C2=NCCC2)c[nH]1. The van der Waals surface area contributed by atoms with Gasteiger partial charge in [-0.25, -0.2) is 0 Å². The van der Waals surface area contributed by atoms with Crippen LogP contribution in [-0.4, -0.2) is 17.2 Å². The van der Waals surface area contributed by atoms with Crippen LogP contribution in [0.15, 0.2) is 28.1 Å². The van der Waals surface area contributed by atoms with Crippen LogP contribution in [0.4, 0.5) is 0 Å². The van der Waals surface area contributed by atoms with Crippen molar-refractivity contribution in [2.75, 3.05) is 6.54 Å². The molecule has 0 aromatic carbocycles. The normalized spacial score (nSPS) is 16.2. The lowest BCUT2D eigenvalue weighted by Gasteiger charge is -1.97. The third-order valence-corrected chi connectivity index (χ3v) is 1.99. The largest absolute Gasteiger partial charge is 0.328 e. The van der Waals surface area contributed by atoms with E-state index in [1.54, 1.807) is 6.20 Å². The predicted octanol–water partition coefficient (Wildman–Crippen LogP) is 0.958. The minimum atomic E-state index is -0.0580. The Bertz CT molecular complexity index is 345. The van der Waals surface area contributed by atoms with Crippen LogP contribution in [0.25, 0.3) is 0 Å². The molecule has 0 radical (unpaired) electrons. The fraction of sp³-hybridized carbons (Fsp3) is 0.333. The molecule has 2 rings (SSSR count). The van der Waals surface area contributed by atoms with E-state index in [2.05, 4.69) is 9.98 Å². The molecule has 1 N–H and O–H groups in total. The fourth-order valence-electron chi connectivity index (χ4n) is 1.37. The highest BCUT2D eigenvalue weighted by atomic mass is 16.1. The van der Waals surface area contributed by atoms with Gasteiger partial charge in [0.2, 0.25) is 5.56 Å². The van der Waals surface area contributed by atoms with Crippen LogP contribution >= 0.6 is 0 Å². The van der Waals surface area contributed by atoms with Gasteiger partial charge in [-0.3, -0.25) is 9.79 Å². The molecule has 1 aliphatic rings. The van der Waals surface area contributed by atoms with Crippen LogP contribution in [0.5, 0.6) is 0 Å². The number of aromatic amines is 1. The number of hydrogen-bond acceptors (Lipinski definition) is 2. The number of hydrogen-bond donors (Lipinski definition) is 1. The fourth-order valence-corrected chi connectivity index (χ4v) is 1.37. The van der Waals surface area contributed by atoms with E-state index in [-0.39, 0.29) is 5.56 Å². The van der Waals surface area contributed by atoms with Gasteiger partial charge >= 0.3 is 0 Å². The molecule has 1 aromatic heterocycles. The number of aliphatic imine (C=N–C) groups is 1. The Hall–Kier alpha value is -1.38. The zero-order valence-corrected chi connectivity index (χ0v) is 6.71. The summed E-state index contributed by atoms with van der Waals surface area (Å²) in [7, 11) is 0. The minimum Gasteiger partial charge on any atom is -0.328 e. The first-order chi connectivity index (χ1) is 5.86. The van der Waals surface area contributed by atoms with Crippen LogP contribution in [0.3, 0.4) is 0 Å². The van der Waals surface area contributed by atoms with Gasteiger partial charge in [-0.05, 0) is 18.9 Å². The molecule has 0 amide bonds. The first kappa shape index (κ1) is 7.28. The maximum Gasteiger partial charge on any atom is 0.247 e. The molecule has 0 saturated heterocycles. The predicted molar refractivity (Wildman–Crippen MR) is 47.7 cm³/mol. The summed E-state index contributed by atoms with van der Waals surface area (Å²) in [4.78, 5) is 17.7. The lowest BCUT2D eigenvalue weighted by Crippen LogP contribution is -2.05. The van der Waals surface area contributed by atoms with Crippen molar-refractivity contribution < 1.29 is 0 Å². The molecule has 0 bridgehead atoms. The number of aromatic nitrogens is 1. The quantitative estimate of drug-likeness (QED) is 0.656. The average molecular weight is 162 g/mol. The summed E-state index contributed by atoms with van der Waals surface area (Å²) < 4.78 is 0. The molecular weight excluding hydrogens is 152 g/mol. The highest BCUT2D eigenvalue weighted by molar-refractivity contribution is 6.01. The first-order valence-corrected chi connectivity index (χ1v) is 4.09. The Kier molecular flexibility index (Phi) is 1.78. The summed E-state index contributed by atoms with van der Waals surface area (Å²) in [5.41, 5.74) is 2.11. The molecule has 1 aromatic rings. The Morgan fingerprint density at radius 3 is 2.92 bits per heavy atom. The Balaban J connectivity index is 2.34. The monoisotopic (exact) mass is 162 g/mol. The van der Waals surface area contributed by atoms with Gasteiger partial charge in [-0.15, -0.1) is 0 Å². The van der Waals surface area contributed by atoms with Gasteiger partial charge in [0, 0.05) is 30.1 Å². The van der Waals surface area contributed by atoms with Gasteiger partial charge in [0.05, 0.1) is 0 Å². The molecule has 0 fully saturated rings. The standard InChI is InChI=1S/C9H10N2O/c12-9-4-3-7(6-11-9)8-2-1-5-10-8/h3-4,6H,1-2,5H2,(H,11,12). The highest BCUT2D eigenvalue weighted by Crippen LogP contribution is 2.10. The third kappa shape index (κ3) is 1.30. The van der Waals surface area contributed by atoms with Crippen molar-refractivity contribution in [2.45, 2.75) is 12.8 Å². The second-order valence-corrected chi connectivity index (χ2v) is 2.87. The molecule has 3 heteroatoms. The lowest BCUT2D eigenvalue weighted by atomic mass is 10.1. The van der Waals surface area contributed by atoms with E-state index in [4.69, 9.17) is 0 Å². The Morgan fingerprint density at radius 1 is 1.42 bits per heavy atom. The smallest absolute Gasteiger partial charge is 0.247 e. The molecule has 62 valence electrons. The Labute approximate surface area is 70.2 Å². The lowest BCUT2D eigenvalue weighted by molar-refractivity contribution is 0.951. The molecule has 1 aliphatic heterocycles. The molecule has 0 aliphatic carbocycles. The average Bonchev–Trinajstić information content (AvgIpc) is 2.58. The van der Waals surface area contributed by atoms with Crippen molar-refractivity contribution in [2.24, 2.45) is 4.99 Å². The van der Waals surface area contributed by atoms with Crippen LogP contribution in [0.2, 0.25) is 0 Å². The molecule has 12 heavy (non-hydrogen) atoms. The second-order valence-electron chi connectivity index (χ2n) is 2.87. The van der Waals surface area contributed by atoms with Crippen molar-refractivity contribution >= 4 is 5.71 Å². The number of nitrogens with one attached hydrogen (secondary N) is 1. The van der Waals surface area contributed by atoms with Gasteiger partial charge < -0.3 is 4.98 Å². The molecule has 0 saturated carbocycles. The van der Waals surface area contributed by atoms with Crippen molar-refractivity contribution in [3.05, 3.63) is 34.2 Å². The van der Waals surface area contributed by atoms with E-state index < -0.39 is 0 Å². The van der Waals surface area contributed by atoms with Crippen molar-refractivity contribution in [3.8, 4) is 0 Å². The van der Waals surface area contributed by atoms with Crippen molar-refractivity contribution in [1.82, 2.24) is 4.98 Å². The Morgan fingerprint density at radius 2 is 2.33 bits per heavy atom. The third-order valence-electron chi connectivity index (χ3n) is 1.99. The molecular formula is C9H10N2O. The van der Waals surface area contributed by atoms with Gasteiger partial charge in [-0.1, -0.05) is 0 Å². The highest BCUT2D eigenvalue weighted by Gasteiger charge is 2.07. The van der Waals surface area contributed by atoms with Gasteiger partial charge in [0.1, 0.15) is 0 Å². The summed E-state index contributed by atoms with van der Waals surface area (Å²) in [5.74, 6) is 0. The number of nitrogens with zero attached hydrogens (tertiary/aromatic N) is 1. The van der Waals surface area contributed by atoms with Crippen LogP contribution in [0, 0.1) is 0 Å². The van der Waals surface area contributed by atoms with E-state index in [0.29, 0.717) is 0 Å². The molecule has 0 atom stereocenters. The van der Waals surface area contributed by atoms with E-state index in [9.17, 15) is 4.79 Å². The maximum atomic E-state index is 10.7.